The Morgan fingerprint density at radius 2 is 1.25 bits per heavy atom. The number of pyridine rings is 3. The van der Waals surface area contributed by atoms with Crippen molar-refractivity contribution in [3.8, 4) is 35.8 Å². The molecule has 5 rings (SSSR count). The molecule has 0 spiro atoms. The Labute approximate surface area is 259 Å². The summed E-state index contributed by atoms with van der Waals surface area (Å²) in [5.41, 5.74) is 16.6. The summed E-state index contributed by atoms with van der Waals surface area (Å²) in [6.07, 6.45) is 10.3. The second kappa shape index (κ2) is 13.0. The molecule has 12 heteroatoms. The number of carbonyl (C=O) groups excluding carboxylic acids is 2. The van der Waals surface area contributed by atoms with E-state index in [0.717, 1.165) is 22.3 Å². The maximum atomic E-state index is 11.8. The van der Waals surface area contributed by atoms with Crippen molar-refractivity contribution in [2.75, 3.05) is 0 Å². The van der Waals surface area contributed by atoms with Gasteiger partial charge in [-0.15, -0.1) is 6.42 Å². The average Bonchev–Trinajstić information content (AvgIpc) is 3.51. The minimum atomic E-state index is -0.647. The lowest BCUT2D eigenvalue weighted by Gasteiger charge is -2.07. The van der Waals surface area contributed by atoms with E-state index in [1.165, 1.54) is 0 Å². The SMILES string of the molecule is C#Cc1nc(C(N)=O)n(-c2ccc(C)cn2)c1C.Cc1ccc(-n2c(C(N)=O)nc(C#Cc3ccnc(Cl)c3C)c2C)nc1. The third kappa shape index (κ3) is 6.49. The molecule has 0 unspecified atom stereocenters. The van der Waals surface area contributed by atoms with Crippen molar-refractivity contribution in [3.63, 3.8) is 0 Å². The van der Waals surface area contributed by atoms with E-state index in [0.29, 0.717) is 39.6 Å². The zero-order valence-corrected chi connectivity index (χ0v) is 25.4. The number of amides is 2. The maximum Gasteiger partial charge on any atom is 0.285 e. The van der Waals surface area contributed by atoms with Gasteiger partial charge in [-0.25, -0.2) is 24.9 Å². The van der Waals surface area contributed by atoms with Crippen LogP contribution in [0.2, 0.25) is 5.15 Å². The Hall–Kier alpha value is -5.78. The number of hydrogen-bond donors (Lipinski definition) is 2. The molecule has 0 aromatic carbocycles. The van der Waals surface area contributed by atoms with Crippen LogP contribution < -0.4 is 11.5 Å². The second-order valence-corrected chi connectivity index (χ2v) is 10.1. The number of primary amides is 2. The summed E-state index contributed by atoms with van der Waals surface area (Å²) in [5.74, 6) is 8.47. The highest BCUT2D eigenvalue weighted by Gasteiger charge is 2.20. The zero-order chi connectivity index (χ0) is 32.1. The van der Waals surface area contributed by atoms with E-state index in [4.69, 9.17) is 29.5 Å². The van der Waals surface area contributed by atoms with Crippen molar-refractivity contribution in [3.05, 3.63) is 111 Å². The van der Waals surface area contributed by atoms with Gasteiger partial charge in [0.1, 0.15) is 28.2 Å². The predicted molar refractivity (Wildman–Crippen MR) is 167 cm³/mol. The van der Waals surface area contributed by atoms with E-state index in [-0.39, 0.29) is 11.6 Å². The highest BCUT2D eigenvalue weighted by molar-refractivity contribution is 6.30. The van der Waals surface area contributed by atoms with Crippen LogP contribution in [0.3, 0.4) is 0 Å². The standard InChI is InChI=1S/C19H16ClN5O.C13H12N4O/c1-11-4-7-16(23-10-11)25-13(3)15(24-19(25)18(21)26)6-5-14-8-9-22-17(20)12(14)2;1-4-10-9(3)17(13(16-10)12(14)18)11-6-5-8(2)7-15-11/h4,7-10H,1-3H3,(H2,21,26);1,5-7H,2-3H3,(H2,14,18). The summed E-state index contributed by atoms with van der Waals surface area (Å²) in [5, 5.41) is 0.403. The molecule has 0 radical (unpaired) electrons. The molecule has 0 aliphatic rings. The number of rotatable bonds is 4. The highest BCUT2D eigenvalue weighted by atomic mass is 35.5. The van der Waals surface area contributed by atoms with E-state index in [2.05, 4.69) is 42.7 Å². The molecule has 2 amide bonds. The van der Waals surface area contributed by atoms with Gasteiger partial charge in [-0.3, -0.25) is 18.7 Å². The minimum Gasteiger partial charge on any atom is -0.363 e. The minimum absolute atomic E-state index is 0.0904. The van der Waals surface area contributed by atoms with Gasteiger partial charge < -0.3 is 11.5 Å². The van der Waals surface area contributed by atoms with Crippen LogP contribution >= 0.6 is 11.6 Å². The summed E-state index contributed by atoms with van der Waals surface area (Å²) < 4.78 is 3.18. The topological polar surface area (TPSA) is 160 Å². The monoisotopic (exact) mass is 605 g/mol. The van der Waals surface area contributed by atoms with Crippen molar-refractivity contribution in [1.29, 1.82) is 0 Å². The normalized spacial score (nSPS) is 10.2. The number of aromatic nitrogens is 7. The fraction of sp³-hybridized carbons (Fsp3) is 0.156. The van der Waals surface area contributed by atoms with Gasteiger partial charge in [0.05, 0.1) is 11.4 Å². The van der Waals surface area contributed by atoms with E-state index >= 15 is 0 Å². The van der Waals surface area contributed by atoms with Gasteiger partial charge in [0.15, 0.2) is 0 Å². The molecule has 0 bridgehead atoms. The molecule has 5 aromatic rings. The number of imidazole rings is 2. The molecule has 0 saturated heterocycles. The van der Waals surface area contributed by atoms with Crippen LogP contribution in [-0.2, 0) is 0 Å². The Morgan fingerprint density at radius 1 is 0.750 bits per heavy atom. The molecular weight excluding hydrogens is 578 g/mol. The van der Waals surface area contributed by atoms with Crippen molar-refractivity contribution < 1.29 is 9.59 Å². The van der Waals surface area contributed by atoms with Crippen molar-refractivity contribution >= 4 is 23.4 Å². The highest BCUT2D eigenvalue weighted by Crippen LogP contribution is 2.19. The van der Waals surface area contributed by atoms with E-state index < -0.39 is 11.8 Å². The first-order valence-corrected chi connectivity index (χ1v) is 13.5. The van der Waals surface area contributed by atoms with Crippen LogP contribution in [0.1, 0.15) is 66.3 Å². The second-order valence-electron chi connectivity index (χ2n) is 9.69. The molecule has 0 fully saturated rings. The van der Waals surface area contributed by atoms with E-state index in [9.17, 15) is 9.59 Å². The van der Waals surface area contributed by atoms with Crippen LogP contribution in [0, 0.1) is 58.8 Å². The number of carbonyl (C=O) groups is 2. The van der Waals surface area contributed by atoms with Gasteiger partial charge in [0.2, 0.25) is 11.6 Å². The number of terminal acetylenes is 1. The molecule has 0 aliphatic carbocycles. The van der Waals surface area contributed by atoms with Crippen LogP contribution in [-0.4, -0.2) is 45.9 Å². The largest absolute Gasteiger partial charge is 0.363 e. The molecule has 11 nitrogen and oxygen atoms in total. The lowest BCUT2D eigenvalue weighted by atomic mass is 10.1. The molecule has 0 saturated carbocycles. The molecular formula is C32H28ClN9O2. The molecule has 0 aliphatic heterocycles. The average molecular weight is 606 g/mol. The van der Waals surface area contributed by atoms with Crippen molar-refractivity contribution in [2.45, 2.75) is 34.6 Å². The summed E-state index contributed by atoms with van der Waals surface area (Å²) in [6.45, 7) is 9.30. The number of nitrogens with zero attached hydrogens (tertiary/aromatic N) is 7. The lowest BCUT2D eigenvalue weighted by Crippen LogP contribution is -2.18. The van der Waals surface area contributed by atoms with Gasteiger partial charge in [-0.1, -0.05) is 29.7 Å². The van der Waals surface area contributed by atoms with Crippen LogP contribution in [0.4, 0.5) is 0 Å². The molecule has 44 heavy (non-hydrogen) atoms. The van der Waals surface area contributed by atoms with E-state index in [1.807, 2.05) is 39.8 Å². The fourth-order valence-electron chi connectivity index (χ4n) is 4.11. The Balaban J connectivity index is 0.000000215. The summed E-state index contributed by atoms with van der Waals surface area (Å²) in [4.78, 5) is 44.2. The molecule has 0 atom stereocenters. The van der Waals surface area contributed by atoms with Crippen LogP contribution in [0.5, 0.6) is 0 Å². The lowest BCUT2D eigenvalue weighted by molar-refractivity contribution is 0.0980. The van der Waals surface area contributed by atoms with Crippen molar-refractivity contribution in [2.24, 2.45) is 11.5 Å². The maximum absolute atomic E-state index is 11.8. The summed E-state index contributed by atoms with van der Waals surface area (Å²) in [6, 6.07) is 9.16. The van der Waals surface area contributed by atoms with Crippen LogP contribution in [0.25, 0.3) is 11.6 Å². The third-order valence-corrected chi connectivity index (χ3v) is 6.88. The number of nitrogens with two attached hydrogens (primary N) is 2. The first-order chi connectivity index (χ1) is 20.9. The first-order valence-electron chi connectivity index (χ1n) is 13.2. The zero-order valence-electron chi connectivity index (χ0n) is 24.7. The number of halogens is 1. The van der Waals surface area contributed by atoms with Crippen molar-refractivity contribution in [1.82, 2.24) is 34.1 Å². The van der Waals surface area contributed by atoms with Crippen LogP contribution in [0.15, 0.2) is 48.9 Å². The molecule has 220 valence electrons. The van der Waals surface area contributed by atoms with Gasteiger partial charge in [-0.2, -0.15) is 0 Å². The smallest absolute Gasteiger partial charge is 0.285 e. The summed E-state index contributed by atoms with van der Waals surface area (Å²) in [7, 11) is 0. The van der Waals surface area contributed by atoms with Gasteiger partial charge in [0.25, 0.3) is 11.8 Å². The van der Waals surface area contributed by atoms with E-state index in [1.54, 1.807) is 52.8 Å². The van der Waals surface area contributed by atoms with Gasteiger partial charge in [0, 0.05) is 29.7 Å². The Bertz CT molecular complexity index is 1990. The summed E-state index contributed by atoms with van der Waals surface area (Å²) >= 11 is 6.02. The predicted octanol–water partition coefficient (Wildman–Crippen LogP) is 3.70. The first kappa shape index (κ1) is 31.2. The molecule has 4 N–H and O–H groups in total. The van der Waals surface area contributed by atoms with Gasteiger partial charge in [-0.05, 0) is 75.8 Å². The van der Waals surface area contributed by atoms with Gasteiger partial charge >= 0.3 is 0 Å². The number of aryl methyl sites for hydroxylation is 2. The molecule has 5 aromatic heterocycles. The quantitative estimate of drug-likeness (QED) is 0.233. The molecule has 5 heterocycles. The Morgan fingerprint density at radius 3 is 1.70 bits per heavy atom. The number of hydrogen-bond acceptors (Lipinski definition) is 7. The third-order valence-electron chi connectivity index (χ3n) is 6.50. The fourth-order valence-corrected chi connectivity index (χ4v) is 4.26. The Kier molecular flexibility index (Phi) is 9.23.